The van der Waals surface area contributed by atoms with Crippen molar-refractivity contribution in [2.75, 3.05) is 20.4 Å². The molecule has 0 saturated heterocycles. The van der Waals surface area contributed by atoms with Crippen molar-refractivity contribution in [1.82, 2.24) is 0 Å². The summed E-state index contributed by atoms with van der Waals surface area (Å²) in [6.07, 6.45) is 0. The minimum atomic E-state index is -0.333. The molecule has 84 heavy (non-hydrogen) atoms. The van der Waals surface area contributed by atoms with Gasteiger partial charge in [0.1, 0.15) is 5.82 Å². The van der Waals surface area contributed by atoms with E-state index in [1.807, 2.05) is 104 Å². The fraction of sp³-hybridized carbons (Fsp3) is 0.0390. The second-order valence-corrected chi connectivity index (χ2v) is 20.2. The average Bonchev–Trinajstić information content (AvgIpc) is 3.27. The van der Waals surface area contributed by atoms with E-state index in [1.54, 1.807) is 19.1 Å². The third-order valence-corrected chi connectivity index (χ3v) is 14.1. The number of carbonyl (C=O) groups excluding carboxylic acids is 2. The van der Waals surface area contributed by atoms with Crippen molar-refractivity contribution >= 4 is 68.4 Å². The number of nitrogens with one attached hydrogen (secondary N) is 2. The minimum absolute atomic E-state index is 0.0638. The fourth-order valence-electron chi connectivity index (χ4n) is 9.53. The lowest BCUT2D eigenvalue weighted by Crippen LogP contribution is -2.10. The zero-order valence-electron chi connectivity index (χ0n) is 47.1. The summed E-state index contributed by atoms with van der Waals surface area (Å²) >= 11 is 0. The second-order valence-electron chi connectivity index (χ2n) is 20.2. The van der Waals surface area contributed by atoms with Crippen LogP contribution in [0.15, 0.2) is 315 Å². The quantitative estimate of drug-likeness (QED) is 0.0998. The molecule has 0 spiro atoms. The monoisotopic (exact) mass is 1090 g/mol. The van der Waals surface area contributed by atoms with Crippen LogP contribution < -0.4 is 20.4 Å². The van der Waals surface area contributed by atoms with Crippen molar-refractivity contribution in [3.8, 4) is 22.3 Å². The van der Waals surface area contributed by atoms with Gasteiger partial charge in [-0.1, -0.05) is 169 Å². The molecule has 0 aliphatic rings. The highest BCUT2D eigenvalue weighted by atomic mass is 19.1. The summed E-state index contributed by atoms with van der Waals surface area (Å²) in [5.74, 6) is -0.352. The molecule has 0 fully saturated rings. The van der Waals surface area contributed by atoms with Crippen LogP contribution in [0.2, 0.25) is 0 Å². The predicted molar refractivity (Wildman–Crippen MR) is 348 cm³/mol. The van der Waals surface area contributed by atoms with Gasteiger partial charge in [-0.15, -0.1) is 0 Å². The largest absolute Gasteiger partial charge is 0.356 e. The van der Waals surface area contributed by atoms with Crippen LogP contribution in [-0.4, -0.2) is 11.6 Å². The van der Waals surface area contributed by atoms with Gasteiger partial charge in [0.2, 0.25) is 0 Å². The standard InChI is InChI=1S/C39H32N2O.C24H20N2.C14H11FO/c1-29-13-21-36(22-14-29)40(34-9-5-3-6-10-34)38-25-17-32(18-26-38)33-19-27-39(28-20-33)41(35-11-7-4-8-12-35)37-23-15-31(16-24-37)30(2)42;1-3-7-21(8-4-1)25-23-15-11-19(12-16-23)20-13-17-24(18-14-20)26-22-9-5-2-6-10-22;1-10-2-4-11(5-3-10)14(16)12-6-8-13(15)9-7-12/h3-28H,1-2H3;1-18,25-26H;2-9H,1H3. The Bertz CT molecular complexity index is 3870. The molecule has 0 heterocycles. The van der Waals surface area contributed by atoms with E-state index >= 15 is 0 Å². The Balaban J connectivity index is 0.000000158. The maximum Gasteiger partial charge on any atom is 0.193 e. The molecule has 0 bridgehead atoms. The van der Waals surface area contributed by atoms with Gasteiger partial charge in [-0.2, -0.15) is 0 Å². The molecule has 2 N–H and O–H groups in total. The molecule has 0 aliphatic heterocycles. The van der Waals surface area contributed by atoms with E-state index in [1.165, 1.54) is 41.0 Å². The summed E-state index contributed by atoms with van der Waals surface area (Å²) in [5, 5.41) is 6.82. The van der Waals surface area contributed by atoms with Gasteiger partial charge in [-0.05, 0) is 201 Å². The second kappa shape index (κ2) is 27.5. The topological polar surface area (TPSA) is 64.7 Å². The molecule has 7 heteroatoms. The van der Waals surface area contributed by atoms with Crippen LogP contribution in [0.25, 0.3) is 22.3 Å². The molecule has 12 aromatic carbocycles. The maximum atomic E-state index is 12.7. The number of hydrogen-bond acceptors (Lipinski definition) is 6. The number of rotatable bonds is 15. The molecule has 0 atom stereocenters. The van der Waals surface area contributed by atoms with Gasteiger partial charge in [-0.25, -0.2) is 4.39 Å². The molecule has 6 nitrogen and oxygen atoms in total. The van der Waals surface area contributed by atoms with Gasteiger partial charge < -0.3 is 20.4 Å². The summed E-state index contributed by atoms with van der Waals surface area (Å²) < 4.78 is 12.7. The van der Waals surface area contributed by atoms with Crippen LogP contribution in [0.3, 0.4) is 0 Å². The highest BCUT2D eigenvalue weighted by molar-refractivity contribution is 6.09. The molecule has 0 unspecified atom stereocenters. The first-order valence-corrected chi connectivity index (χ1v) is 27.9. The van der Waals surface area contributed by atoms with Gasteiger partial charge in [0.15, 0.2) is 11.6 Å². The van der Waals surface area contributed by atoms with Crippen LogP contribution in [-0.2, 0) is 0 Å². The molecule has 0 aromatic heterocycles. The third kappa shape index (κ3) is 14.9. The van der Waals surface area contributed by atoms with Crippen LogP contribution in [0.4, 0.5) is 61.3 Å². The number of nitrogens with zero attached hydrogens (tertiary/aromatic N) is 2. The molecular formula is C77H63FN4O2. The van der Waals surface area contributed by atoms with E-state index in [0.29, 0.717) is 16.7 Å². The van der Waals surface area contributed by atoms with Crippen molar-refractivity contribution in [1.29, 1.82) is 0 Å². The average molecular weight is 1100 g/mol. The molecule has 0 amide bonds. The van der Waals surface area contributed by atoms with Crippen molar-refractivity contribution in [2.45, 2.75) is 20.8 Å². The van der Waals surface area contributed by atoms with E-state index in [4.69, 9.17) is 0 Å². The number of benzene rings is 12. The number of Topliss-reactive ketones (excluding diaryl/α,β-unsaturated/α-hetero) is 1. The van der Waals surface area contributed by atoms with E-state index in [0.717, 1.165) is 73.6 Å². The van der Waals surface area contributed by atoms with E-state index in [9.17, 15) is 14.0 Å². The number of para-hydroxylation sites is 4. The summed E-state index contributed by atoms with van der Waals surface area (Å²) in [7, 11) is 0. The normalized spacial score (nSPS) is 10.5. The molecule has 0 aliphatic carbocycles. The minimum Gasteiger partial charge on any atom is -0.356 e. The predicted octanol–water partition coefficient (Wildman–Crippen LogP) is 21.0. The SMILES string of the molecule is CC(=O)c1ccc(N(c2ccccc2)c2ccc(-c3ccc(N(c4ccccc4)c4ccc(C)cc4)cc3)cc2)cc1.Cc1ccc(C(=O)c2ccc(F)cc2)cc1.c1ccc(Nc2ccc(-c3ccc(Nc4ccccc4)cc3)cc2)cc1. The Labute approximate surface area is 492 Å². The summed E-state index contributed by atoms with van der Waals surface area (Å²) in [4.78, 5) is 28.3. The Morgan fingerprint density at radius 2 is 0.536 bits per heavy atom. The first kappa shape index (κ1) is 56.4. The lowest BCUT2D eigenvalue weighted by atomic mass is 10.0. The fourth-order valence-corrected chi connectivity index (χ4v) is 9.53. The smallest absolute Gasteiger partial charge is 0.193 e. The first-order valence-electron chi connectivity index (χ1n) is 27.9. The Morgan fingerprint density at radius 3 is 0.881 bits per heavy atom. The number of hydrogen-bond donors (Lipinski definition) is 2. The molecular weight excluding hydrogens is 1030 g/mol. The number of anilines is 10. The first-order chi connectivity index (χ1) is 41.1. The lowest BCUT2D eigenvalue weighted by molar-refractivity contribution is 0.101. The summed E-state index contributed by atoms with van der Waals surface area (Å²) in [6, 6.07) is 105. The van der Waals surface area contributed by atoms with Crippen LogP contribution in [0, 0.1) is 19.7 Å². The number of carbonyl (C=O) groups is 2. The van der Waals surface area contributed by atoms with Crippen LogP contribution in [0.1, 0.15) is 44.3 Å². The van der Waals surface area contributed by atoms with Crippen molar-refractivity contribution in [3.05, 3.63) is 349 Å². The number of aryl methyl sites for hydroxylation is 2. The number of halogens is 1. The highest BCUT2D eigenvalue weighted by Gasteiger charge is 2.16. The molecule has 0 saturated carbocycles. The van der Waals surface area contributed by atoms with E-state index in [2.05, 4.69) is 209 Å². The molecule has 12 rings (SSSR count). The Morgan fingerprint density at radius 1 is 0.286 bits per heavy atom. The van der Waals surface area contributed by atoms with Gasteiger partial charge in [0, 0.05) is 73.6 Å². The van der Waals surface area contributed by atoms with E-state index < -0.39 is 0 Å². The zero-order chi connectivity index (χ0) is 58.0. The molecule has 410 valence electrons. The summed E-state index contributed by atoms with van der Waals surface area (Å²) in [6.45, 7) is 5.67. The summed E-state index contributed by atoms with van der Waals surface area (Å²) in [5.41, 5.74) is 19.7. The van der Waals surface area contributed by atoms with Gasteiger partial charge in [-0.3, -0.25) is 9.59 Å². The maximum absolute atomic E-state index is 12.7. The third-order valence-electron chi connectivity index (χ3n) is 14.1. The van der Waals surface area contributed by atoms with Crippen LogP contribution >= 0.6 is 0 Å². The van der Waals surface area contributed by atoms with Gasteiger partial charge >= 0.3 is 0 Å². The lowest BCUT2D eigenvalue weighted by Gasteiger charge is -2.26. The Kier molecular flexibility index (Phi) is 18.5. The Hall–Kier alpha value is -10.9. The molecule has 0 radical (unpaired) electrons. The van der Waals surface area contributed by atoms with Crippen molar-refractivity contribution in [3.63, 3.8) is 0 Å². The zero-order valence-corrected chi connectivity index (χ0v) is 47.1. The van der Waals surface area contributed by atoms with Gasteiger partial charge in [0.25, 0.3) is 0 Å². The van der Waals surface area contributed by atoms with E-state index in [-0.39, 0.29) is 17.4 Å². The number of ketones is 2. The highest BCUT2D eigenvalue weighted by Crippen LogP contribution is 2.38. The van der Waals surface area contributed by atoms with Crippen molar-refractivity contribution in [2.24, 2.45) is 0 Å². The van der Waals surface area contributed by atoms with Gasteiger partial charge in [0.05, 0.1) is 0 Å². The van der Waals surface area contributed by atoms with Crippen LogP contribution in [0.5, 0.6) is 0 Å². The van der Waals surface area contributed by atoms with Crippen molar-refractivity contribution < 1.29 is 14.0 Å². The molecule has 12 aromatic rings.